The molecule has 0 atom stereocenters. The summed E-state index contributed by atoms with van der Waals surface area (Å²) in [5.74, 6) is 0. The highest BCUT2D eigenvalue weighted by Gasteiger charge is 2.11. The highest BCUT2D eigenvalue weighted by atomic mass is 16.5. The molecule has 1 saturated heterocycles. The summed E-state index contributed by atoms with van der Waals surface area (Å²) in [4.78, 5) is 6.42. The second-order valence-corrected chi connectivity index (χ2v) is 4.23. The summed E-state index contributed by atoms with van der Waals surface area (Å²) in [7, 11) is 0. The number of anilines is 2. The standard InChI is InChI=1S/C13H15N3O/c14-13-9-15-8-10-1-2-11(7-12(10)13)16-3-5-17-6-4-16/h1-2,7-9H,3-6,14H2. The number of hydrogen-bond donors (Lipinski definition) is 1. The zero-order valence-electron chi connectivity index (χ0n) is 9.60. The first-order valence-electron chi connectivity index (χ1n) is 5.80. The van der Waals surface area contributed by atoms with Crippen molar-refractivity contribution in [2.75, 3.05) is 36.9 Å². The smallest absolute Gasteiger partial charge is 0.0642 e. The van der Waals surface area contributed by atoms with Crippen molar-refractivity contribution in [3.05, 3.63) is 30.6 Å². The van der Waals surface area contributed by atoms with Crippen LogP contribution >= 0.6 is 0 Å². The van der Waals surface area contributed by atoms with E-state index in [0.717, 1.165) is 42.8 Å². The van der Waals surface area contributed by atoms with E-state index in [1.807, 2.05) is 6.20 Å². The minimum Gasteiger partial charge on any atom is -0.397 e. The van der Waals surface area contributed by atoms with Gasteiger partial charge >= 0.3 is 0 Å². The average molecular weight is 229 g/mol. The summed E-state index contributed by atoms with van der Waals surface area (Å²) in [6, 6.07) is 6.33. The van der Waals surface area contributed by atoms with E-state index in [2.05, 4.69) is 28.1 Å². The second-order valence-electron chi connectivity index (χ2n) is 4.23. The first kappa shape index (κ1) is 10.4. The normalized spacial score (nSPS) is 16.4. The third-order valence-electron chi connectivity index (χ3n) is 3.15. The van der Waals surface area contributed by atoms with Gasteiger partial charge in [0.1, 0.15) is 0 Å². The zero-order chi connectivity index (χ0) is 11.7. The van der Waals surface area contributed by atoms with E-state index in [4.69, 9.17) is 10.5 Å². The highest BCUT2D eigenvalue weighted by Crippen LogP contribution is 2.25. The van der Waals surface area contributed by atoms with Crippen LogP contribution < -0.4 is 10.6 Å². The molecule has 3 rings (SSSR count). The maximum absolute atomic E-state index is 5.95. The number of aromatic nitrogens is 1. The van der Waals surface area contributed by atoms with Crippen LogP contribution in [-0.2, 0) is 4.74 Å². The second kappa shape index (κ2) is 4.22. The fraction of sp³-hybridized carbons (Fsp3) is 0.308. The highest BCUT2D eigenvalue weighted by molar-refractivity contribution is 5.94. The van der Waals surface area contributed by atoms with Crippen LogP contribution in [0, 0.1) is 0 Å². The molecule has 0 bridgehead atoms. The third kappa shape index (κ3) is 1.91. The maximum Gasteiger partial charge on any atom is 0.0642 e. The van der Waals surface area contributed by atoms with Gasteiger partial charge in [-0.1, -0.05) is 6.07 Å². The molecule has 2 N–H and O–H groups in total. The fourth-order valence-electron chi connectivity index (χ4n) is 2.19. The average Bonchev–Trinajstić information content (AvgIpc) is 2.40. The van der Waals surface area contributed by atoms with E-state index in [1.54, 1.807) is 6.20 Å². The van der Waals surface area contributed by atoms with Gasteiger partial charge < -0.3 is 15.4 Å². The first-order chi connectivity index (χ1) is 8.34. The van der Waals surface area contributed by atoms with Gasteiger partial charge in [-0.2, -0.15) is 0 Å². The number of benzene rings is 1. The Hall–Kier alpha value is -1.81. The Morgan fingerprint density at radius 1 is 1.18 bits per heavy atom. The number of fused-ring (bicyclic) bond motifs is 1. The van der Waals surface area contributed by atoms with Crippen LogP contribution in [0.4, 0.5) is 11.4 Å². The fourth-order valence-corrected chi connectivity index (χ4v) is 2.19. The number of hydrogen-bond acceptors (Lipinski definition) is 4. The first-order valence-corrected chi connectivity index (χ1v) is 5.80. The van der Waals surface area contributed by atoms with Gasteiger partial charge in [-0.25, -0.2) is 0 Å². The number of rotatable bonds is 1. The molecule has 2 aromatic rings. The molecule has 88 valence electrons. The van der Waals surface area contributed by atoms with Crippen molar-refractivity contribution in [3.8, 4) is 0 Å². The van der Waals surface area contributed by atoms with Crippen molar-refractivity contribution in [3.63, 3.8) is 0 Å². The van der Waals surface area contributed by atoms with Crippen molar-refractivity contribution < 1.29 is 4.74 Å². The van der Waals surface area contributed by atoms with Gasteiger partial charge in [0.15, 0.2) is 0 Å². The Balaban J connectivity index is 2.03. The van der Waals surface area contributed by atoms with E-state index in [0.29, 0.717) is 0 Å². The van der Waals surface area contributed by atoms with Gasteiger partial charge in [0, 0.05) is 35.7 Å². The van der Waals surface area contributed by atoms with Crippen molar-refractivity contribution in [2.24, 2.45) is 0 Å². The molecule has 1 fully saturated rings. The predicted molar refractivity (Wildman–Crippen MR) is 69.2 cm³/mol. The molecule has 0 aliphatic carbocycles. The molecule has 0 amide bonds. The predicted octanol–water partition coefficient (Wildman–Crippen LogP) is 1.65. The van der Waals surface area contributed by atoms with Crippen LogP contribution in [-0.4, -0.2) is 31.3 Å². The van der Waals surface area contributed by atoms with E-state index in [9.17, 15) is 0 Å². The largest absolute Gasteiger partial charge is 0.397 e. The van der Waals surface area contributed by atoms with Crippen LogP contribution in [0.1, 0.15) is 0 Å². The van der Waals surface area contributed by atoms with Crippen molar-refractivity contribution >= 4 is 22.1 Å². The Kier molecular flexibility index (Phi) is 2.57. The van der Waals surface area contributed by atoms with Gasteiger partial charge in [0.25, 0.3) is 0 Å². The molecular weight excluding hydrogens is 214 g/mol. The lowest BCUT2D eigenvalue weighted by molar-refractivity contribution is 0.122. The summed E-state index contributed by atoms with van der Waals surface area (Å²) in [6.45, 7) is 3.47. The molecule has 1 aromatic carbocycles. The minimum absolute atomic E-state index is 0.734. The van der Waals surface area contributed by atoms with Crippen LogP contribution in [0.5, 0.6) is 0 Å². The van der Waals surface area contributed by atoms with Crippen LogP contribution in [0.15, 0.2) is 30.6 Å². The summed E-state index contributed by atoms with van der Waals surface area (Å²) in [5, 5.41) is 2.16. The molecule has 1 aromatic heterocycles. The molecule has 0 radical (unpaired) electrons. The molecule has 4 nitrogen and oxygen atoms in total. The van der Waals surface area contributed by atoms with Gasteiger partial charge in [-0.15, -0.1) is 0 Å². The number of morpholine rings is 1. The molecule has 1 aliphatic rings. The molecule has 4 heteroatoms. The lowest BCUT2D eigenvalue weighted by Crippen LogP contribution is -2.36. The van der Waals surface area contributed by atoms with Crippen molar-refractivity contribution in [1.29, 1.82) is 0 Å². The molecule has 0 saturated carbocycles. The van der Waals surface area contributed by atoms with E-state index < -0.39 is 0 Å². The van der Waals surface area contributed by atoms with Gasteiger partial charge in [0.2, 0.25) is 0 Å². The maximum atomic E-state index is 5.95. The monoisotopic (exact) mass is 229 g/mol. The minimum atomic E-state index is 0.734. The topological polar surface area (TPSA) is 51.4 Å². The Morgan fingerprint density at radius 2 is 2.00 bits per heavy atom. The number of nitrogens with zero attached hydrogens (tertiary/aromatic N) is 2. The van der Waals surface area contributed by atoms with E-state index in [1.165, 1.54) is 5.69 Å². The molecule has 17 heavy (non-hydrogen) atoms. The SMILES string of the molecule is Nc1cncc2ccc(N3CCOCC3)cc12. The van der Waals surface area contributed by atoms with Gasteiger partial charge in [0.05, 0.1) is 25.1 Å². The molecular formula is C13H15N3O. The number of pyridine rings is 1. The summed E-state index contributed by atoms with van der Waals surface area (Å²) < 4.78 is 5.36. The van der Waals surface area contributed by atoms with E-state index >= 15 is 0 Å². The third-order valence-corrected chi connectivity index (χ3v) is 3.15. The zero-order valence-corrected chi connectivity index (χ0v) is 9.60. The van der Waals surface area contributed by atoms with Gasteiger partial charge in [-0.3, -0.25) is 4.98 Å². The number of nitrogens with two attached hydrogens (primary N) is 1. The summed E-state index contributed by atoms with van der Waals surface area (Å²) >= 11 is 0. The molecule has 0 unspecified atom stereocenters. The Labute approximate surface area is 100.0 Å². The molecule has 0 spiro atoms. The van der Waals surface area contributed by atoms with Crippen LogP contribution in [0.2, 0.25) is 0 Å². The Morgan fingerprint density at radius 3 is 2.82 bits per heavy atom. The van der Waals surface area contributed by atoms with Gasteiger partial charge in [-0.05, 0) is 12.1 Å². The molecule has 2 heterocycles. The lowest BCUT2D eigenvalue weighted by Gasteiger charge is -2.29. The van der Waals surface area contributed by atoms with Crippen LogP contribution in [0.25, 0.3) is 10.8 Å². The van der Waals surface area contributed by atoms with Crippen molar-refractivity contribution in [2.45, 2.75) is 0 Å². The van der Waals surface area contributed by atoms with Crippen LogP contribution in [0.3, 0.4) is 0 Å². The number of nitrogen functional groups attached to an aromatic ring is 1. The Bertz CT molecular complexity index is 535. The molecule has 1 aliphatic heterocycles. The summed E-state index contributed by atoms with van der Waals surface area (Å²) in [5.41, 5.74) is 7.89. The van der Waals surface area contributed by atoms with Crippen molar-refractivity contribution in [1.82, 2.24) is 4.98 Å². The quantitative estimate of drug-likeness (QED) is 0.808. The van der Waals surface area contributed by atoms with E-state index in [-0.39, 0.29) is 0 Å². The lowest BCUT2D eigenvalue weighted by atomic mass is 10.1. The summed E-state index contributed by atoms with van der Waals surface area (Å²) in [6.07, 6.45) is 3.54. The number of ether oxygens (including phenoxy) is 1.